The van der Waals surface area contributed by atoms with E-state index < -0.39 is 27.1 Å². The number of fused-ring (bicyclic) bond motifs is 1. The van der Waals surface area contributed by atoms with Crippen molar-refractivity contribution in [2.45, 2.75) is 31.0 Å². The van der Waals surface area contributed by atoms with E-state index in [9.17, 15) is 26.9 Å². The molecule has 0 aliphatic heterocycles. The summed E-state index contributed by atoms with van der Waals surface area (Å²) in [6.07, 6.45) is 1.65. The summed E-state index contributed by atoms with van der Waals surface area (Å²) in [5.41, 5.74) is 2.68. The van der Waals surface area contributed by atoms with E-state index in [1.54, 1.807) is 22.3 Å². The number of rotatable bonds is 6. The van der Waals surface area contributed by atoms with Crippen molar-refractivity contribution in [1.82, 2.24) is 19.3 Å². The van der Waals surface area contributed by atoms with Gasteiger partial charge in [-0.3, -0.25) is 9.55 Å². The van der Waals surface area contributed by atoms with Gasteiger partial charge in [-0.25, -0.2) is 13.4 Å². The molecule has 4 rings (SSSR count). The lowest BCUT2D eigenvalue weighted by atomic mass is 10.1. The standard InChI is InChI=1S/C22H18F3N5O3S/c1-12-19(33-3)9-16-17(10-26)20(30(21(16)28-12)14-5-4-6-14)18-8-7-15(11-27-18)34(31,32)29-13(2)22(23,24)25/h4-9,11,13,29H,1-3H3/t13-/m1/s1. The van der Waals surface area contributed by atoms with Crippen LogP contribution in [0.15, 0.2) is 47.5 Å². The summed E-state index contributed by atoms with van der Waals surface area (Å²) in [6, 6.07) is 4.06. The molecule has 12 heteroatoms. The monoisotopic (exact) mass is 489 g/mol. The summed E-state index contributed by atoms with van der Waals surface area (Å²) in [7, 11) is -2.98. The van der Waals surface area contributed by atoms with E-state index in [2.05, 4.69) is 16.0 Å². The molecule has 3 aromatic heterocycles. The molecule has 0 saturated carbocycles. The van der Waals surface area contributed by atoms with Gasteiger partial charge in [-0.15, -0.1) is 0 Å². The highest BCUT2D eigenvalue weighted by molar-refractivity contribution is 7.89. The van der Waals surface area contributed by atoms with Crippen LogP contribution in [0.25, 0.3) is 28.1 Å². The number of alkyl halides is 3. The Hall–Kier alpha value is -3.69. The highest BCUT2D eigenvalue weighted by Gasteiger charge is 2.39. The minimum Gasteiger partial charge on any atom is -0.495 e. The minimum atomic E-state index is -4.74. The van der Waals surface area contributed by atoms with Gasteiger partial charge >= 0.3 is 6.18 Å². The third kappa shape index (κ3) is 3.93. The number of aryl methyl sites for hydroxylation is 1. The predicted octanol–water partition coefficient (Wildman–Crippen LogP) is 3.93. The highest BCUT2D eigenvalue weighted by Crippen LogP contribution is 2.38. The van der Waals surface area contributed by atoms with E-state index in [1.165, 1.54) is 13.2 Å². The van der Waals surface area contributed by atoms with Crippen LogP contribution in [0.2, 0.25) is 0 Å². The first kappa shape index (κ1) is 23.5. The molecule has 3 aromatic rings. The number of allylic oxidation sites excluding steroid dienone is 4. The van der Waals surface area contributed by atoms with Gasteiger partial charge < -0.3 is 4.74 Å². The molecule has 0 radical (unpaired) electrons. The number of hydrogen-bond donors (Lipinski definition) is 1. The number of halogens is 3. The van der Waals surface area contributed by atoms with E-state index in [-0.39, 0.29) is 11.3 Å². The number of nitriles is 1. The van der Waals surface area contributed by atoms with E-state index >= 15 is 0 Å². The predicted molar refractivity (Wildman–Crippen MR) is 118 cm³/mol. The molecule has 1 aliphatic rings. The van der Waals surface area contributed by atoms with Crippen molar-refractivity contribution in [3.05, 3.63) is 53.9 Å². The van der Waals surface area contributed by atoms with E-state index in [4.69, 9.17) is 4.74 Å². The van der Waals surface area contributed by atoms with Gasteiger partial charge in [0.05, 0.1) is 29.8 Å². The molecule has 0 fully saturated rings. The number of nitrogens with one attached hydrogen (secondary N) is 1. The summed E-state index contributed by atoms with van der Waals surface area (Å²) in [4.78, 5) is 8.32. The van der Waals surface area contributed by atoms with Crippen LogP contribution < -0.4 is 9.46 Å². The van der Waals surface area contributed by atoms with Crippen LogP contribution in [0, 0.1) is 18.3 Å². The van der Waals surface area contributed by atoms with Crippen LogP contribution in [0.4, 0.5) is 13.2 Å². The third-order valence-corrected chi connectivity index (χ3v) is 6.85. The number of pyridine rings is 2. The summed E-state index contributed by atoms with van der Waals surface area (Å²) in [5, 5.41) is 10.5. The maximum Gasteiger partial charge on any atom is 0.404 e. The second-order valence-corrected chi connectivity index (χ2v) is 9.25. The summed E-state index contributed by atoms with van der Waals surface area (Å²) in [5.74, 6) is 0.491. The van der Waals surface area contributed by atoms with E-state index in [0.29, 0.717) is 35.1 Å². The SMILES string of the molecule is COc1cc2c(C#N)c(-c3ccc(S(=O)(=O)N[C@H](C)C(F)(F)F)cn3)n(C3=CC=C3)c2nc1C. The van der Waals surface area contributed by atoms with Gasteiger partial charge in [-0.05, 0) is 44.2 Å². The normalized spacial score (nSPS) is 14.4. The fourth-order valence-corrected chi connectivity index (χ4v) is 4.64. The van der Waals surface area contributed by atoms with Gasteiger partial charge in [0.2, 0.25) is 10.0 Å². The molecular formula is C22H18F3N5O3S. The Balaban J connectivity index is 1.85. The lowest BCUT2D eigenvalue weighted by Crippen LogP contribution is -2.42. The van der Waals surface area contributed by atoms with E-state index in [1.807, 2.05) is 18.2 Å². The molecule has 8 nitrogen and oxygen atoms in total. The Kier molecular flexibility index (Phi) is 5.71. The Morgan fingerprint density at radius 1 is 1.29 bits per heavy atom. The van der Waals surface area contributed by atoms with Crippen LogP contribution in [0.5, 0.6) is 5.75 Å². The number of sulfonamides is 1. The van der Waals surface area contributed by atoms with Crippen molar-refractivity contribution < 1.29 is 26.3 Å². The first-order valence-electron chi connectivity index (χ1n) is 9.92. The second-order valence-electron chi connectivity index (χ2n) is 7.53. The Morgan fingerprint density at radius 2 is 2.00 bits per heavy atom. The fourth-order valence-electron chi connectivity index (χ4n) is 3.47. The first-order chi connectivity index (χ1) is 16.0. The quantitative estimate of drug-likeness (QED) is 0.562. The van der Waals surface area contributed by atoms with Crippen LogP contribution in [0.1, 0.15) is 18.2 Å². The van der Waals surface area contributed by atoms with Crippen molar-refractivity contribution >= 4 is 26.8 Å². The largest absolute Gasteiger partial charge is 0.495 e. The average Bonchev–Trinajstić information content (AvgIpc) is 3.03. The maximum absolute atomic E-state index is 12.8. The summed E-state index contributed by atoms with van der Waals surface area (Å²) in [6.45, 7) is 2.47. The first-order valence-corrected chi connectivity index (χ1v) is 11.4. The molecule has 0 aromatic carbocycles. The summed E-state index contributed by atoms with van der Waals surface area (Å²) < 4.78 is 71.8. The lowest BCUT2D eigenvalue weighted by molar-refractivity contribution is -0.147. The lowest BCUT2D eigenvalue weighted by Gasteiger charge is -2.17. The summed E-state index contributed by atoms with van der Waals surface area (Å²) >= 11 is 0. The van der Waals surface area contributed by atoms with Crippen LogP contribution in [-0.4, -0.2) is 42.3 Å². The van der Waals surface area contributed by atoms with Crippen molar-refractivity contribution in [2.75, 3.05) is 7.11 Å². The highest BCUT2D eigenvalue weighted by atomic mass is 32.2. The molecule has 0 unspecified atom stereocenters. The molecule has 1 N–H and O–H groups in total. The Labute approximate surface area is 193 Å². The van der Waals surface area contributed by atoms with Crippen LogP contribution in [-0.2, 0) is 10.0 Å². The molecule has 0 bridgehead atoms. The van der Waals surface area contributed by atoms with Gasteiger partial charge in [0.25, 0.3) is 0 Å². The molecule has 1 aliphatic carbocycles. The Morgan fingerprint density at radius 3 is 2.50 bits per heavy atom. The van der Waals surface area contributed by atoms with Gasteiger partial charge in [-0.2, -0.15) is 23.2 Å². The second kappa shape index (κ2) is 8.27. The average molecular weight is 489 g/mol. The molecule has 0 saturated heterocycles. The smallest absolute Gasteiger partial charge is 0.404 e. The number of nitrogens with zero attached hydrogens (tertiary/aromatic N) is 4. The molecule has 3 heterocycles. The van der Waals surface area contributed by atoms with Crippen LogP contribution >= 0.6 is 0 Å². The van der Waals surface area contributed by atoms with Gasteiger partial charge in [0.1, 0.15) is 28.4 Å². The van der Waals surface area contributed by atoms with Gasteiger partial charge in [0.15, 0.2) is 0 Å². The Bertz CT molecular complexity index is 1500. The van der Waals surface area contributed by atoms with Crippen LogP contribution in [0.3, 0.4) is 0 Å². The fraction of sp³-hybridized carbons (Fsp3) is 0.227. The van der Waals surface area contributed by atoms with Crippen molar-refractivity contribution in [2.24, 2.45) is 0 Å². The molecule has 0 spiro atoms. The van der Waals surface area contributed by atoms with Gasteiger partial charge in [-0.1, -0.05) is 6.08 Å². The topological polar surface area (TPSA) is 110 Å². The van der Waals surface area contributed by atoms with E-state index in [0.717, 1.165) is 18.0 Å². The maximum atomic E-state index is 12.8. The zero-order valence-corrected chi connectivity index (χ0v) is 19.0. The molecule has 1 atom stereocenters. The number of methoxy groups -OCH3 is 1. The number of ether oxygens (including phenoxy) is 1. The van der Waals surface area contributed by atoms with Crippen molar-refractivity contribution in [3.8, 4) is 23.2 Å². The zero-order valence-electron chi connectivity index (χ0n) is 18.2. The number of aromatic nitrogens is 3. The molecule has 34 heavy (non-hydrogen) atoms. The zero-order chi connectivity index (χ0) is 24.8. The van der Waals surface area contributed by atoms with Crippen molar-refractivity contribution in [3.63, 3.8) is 0 Å². The molecule has 0 amide bonds. The number of hydrogen-bond acceptors (Lipinski definition) is 6. The minimum absolute atomic E-state index is 0.244. The third-order valence-electron chi connectivity index (χ3n) is 5.32. The van der Waals surface area contributed by atoms with Crippen molar-refractivity contribution in [1.29, 1.82) is 5.26 Å². The molecule has 176 valence electrons. The van der Waals surface area contributed by atoms with Gasteiger partial charge in [0, 0.05) is 17.3 Å². The molecular weight excluding hydrogens is 471 g/mol.